The van der Waals surface area contributed by atoms with Gasteiger partial charge >= 0.3 is 0 Å². The summed E-state index contributed by atoms with van der Waals surface area (Å²) in [7, 11) is 0. The number of rotatable bonds is 2. The van der Waals surface area contributed by atoms with Gasteiger partial charge in [0.2, 0.25) is 0 Å². The average Bonchev–Trinajstić information content (AvgIpc) is 2.28. The molecule has 1 heterocycles. The monoisotopic (exact) mass is 229 g/mol. The Morgan fingerprint density at radius 3 is 2.87 bits per heavy atom. The maximum Gasteiger partial charge on any atom is 0.179 e. The second-order valence-electron chi connectivity index (χ2n) is 3.32. The third-order valence-electron chi connectivity index (χ3n) is 2.24. The van der Waals surface area contributed by atoms with Crippen LogP contribution in [0.15, 0.2) is 12.1 Å². The number of ether oxygens (including phenoxy) is 2. The van der Waals surface area contributed by atoms with Crippen molar-refractivity contribution in [1.82, 2.24) is 0 Å². The van der Waals surface area contributed by atoms with Gasteiger partial charge in [-0.3, -0.25) is 0 Å². The molecule has 1 aliphatic rings. The van der Waals surface area contributed by atoms with E-state index in [0.717, 1.165) is 5.56 Å². The minimum atomic E-state index is -0.446. The Labute approximate surface area is 92.5 Å². The molecule has 1 aromatic carbocycles. The van der Waals surface area contributed by atoms with Gasteiger partial charge in [-0.1, -0.05) is 11.6 Å². The fourth-order valence-corrected chi connectivity index (χ4v) is 1.72. The van der Waals surface area contributed by atoms with Gasteiger partial charge in [-0.25, -0.2) is 0 Å². The summed E-state index contributed by atoms with van der Waals surface area (Å²) in [5.41, 5.74) is 6.43. The van der Waals surface area contributed by atoms with Gasteiger partial charge in [-0.15, -0.1) is 0 Å². The normalized spacial score (nSPS) is 16.2. The van der Waals surface area contributed by atoms with Crippen molar-refractivity contribution in [3.8, 4) is 11.5 Å². The molecule has 0 aliphatic carbocycles. The highest BCUT2D eigenvalue weighted by Crippen LogP contribution is 2.39. The van der Waals surface area contributed by atoms with E-state index in [0.29, 0.717) is 29.7 Å². The van der Waals surface area contributed by atoms with Gasteiger partial charge in [0, 0.05) is 0 Å². The van der Waals surface area contributed by atoms with Crippen LogP contribution in [0.1, 0.15) is 11.6 Å². The fraction of sp³-hybridized carbons (Fsp3) is 0.400. The summed E-state index contributed by atoms with van der Waals surface area (Å²) in [4.78, 5) is 0. The summed E-state index contributed by atoms with van der Waals surface area (Å²) in [5.74, 6) is 1.14. The maximum absolute atomic E-state index is 8.94. The van der Waals surface area contributed by atoms with Gasteiger partial charge in [-0.2, -0.15) is 0 Å². The van der Waals surface area contributed by atoms with E-state index >= 15 is 0 Å². The van der Waals surface area contributed by atoms with E-state index in [4.69, 9.17) is 31.9 Å². The highest BCUT2D eigenvalue weighted by Gasteiger charge is 2.18. The number of fused-ring (bicyclic) bond motifs is 1. The average molecular weight is 230 g/mol. The topological polar surface area (TPSA) is 64.7 Å². The lowest BCUT2D eigenvalue weighted by Gasteiger charge is -2.21. The summed E-state index contributed by atoms with van der Waals surface area (Å²) in [5, 5.41) is 9.41. The van der Waals surface area contributed by atoms with Crippen LogP contribution >= 0.6 is 11.6 Å². The molecular weight excluding hydrogens is 218 g/mol. The first-order valence-corrected chi connectivity index (χ1v) is 5.05. The van der Waals surface area contributed by atoms with Crippen molar-refractivity contribution in [2.75, 3.05) is 19.8 Å². The SMILES string of the molecule is NC(CO)c1cc(Cl)c2c(c1)OCCO2. The molecule has 0 aromatic heterocycles. The molecule has 5 heteroatoms. The Morgan fingerprint density at radius 2 is 2.13 bits per heavy atom. The van der Waals surface area contributed by atoms with Crippen LogP contribution in [0.3, 0.4) is 0 Å². The van der Waals surface area contributed by atoms with E-state index in [1.54, 1.807) is 12.1 Å². The highest BCUT2D eigenvalue weighted by molar-refractivity contribution is 6.32. The van der Waals surface area contributed by atoms with Crippen molar-refractivity contribution < 1.29 is 14.6 Å². The molecule has 0 fully saturated rings. The maximum atomic E-state index is 8.94. The third kappa shape index (κ3) is 2.02. The van der Waals surface area contributed by atoms with Gasteiger partial charge in [0.25, 0.3) is 0 Å². The van der Waals surface area contributed by atoms with E-state index in [1.807, 2.05) is 0 Å². The lowest BCUT2D eigenvalue weighted by atomic mass is 10.1. The van der Waals surface area contributed by atoms with Crippen molar-refractivity contribution in [2.45, 2.75) is 6.04 Å². The van der Waals surface area contributed by atoms with Crippen LogP contribution in [-0.4, -0.2) is 24.9 Å². The zero-order valence-electron chi connectivity index (χ0n) is 8.07. The molecule has 1 atom stereocenters. The molecule has 1 aromatic rings. The molecule has 82 valence electrons. The van der Waals surface area contributed by atoms with Crippen LogP contribution in [0, 0.1) is 0 Å². The van der Waals surface area contributed by atoms with E-state index < -0.39 is 6.04 Å². The molecular formula is C10H12ClNO3. The predicted octanol–water partition coefficient (Wildman–Crippen LogP) is 1.10. The van der Waals surface area contributed by atoms with Crippen LogP contribution in [-0.2, 0) is 0 Å². The molecule has 0 bridgehead atoms. The summed E-state index contributed by atoms with van der Waals surface area (Å²) < 4.78 is 10.8. The summed E-state index contributed by atoms with van der Waals surface area (Å²) in [6.45, 7) is 0.870. The van der Waals surface area contributed by atoms with Crippen molar-refractivity contribution in [3.05, 3.63) is 22.7 Å². The Morgan fingerprint density at radius 1 is 1.40 bits per heavy atom. The van der Waals surface area contributed by atoms with Gasteiger partial charge in [0.1, 0.15) is 13.2 Å². The number of aliphatic hydroxyl groups excluding tert-OH is 1. The largest absolute Gasteiger partial charge is 0.486 e. The Kier molecular flexibility index (Phi) is 3.00. The summed E-state index contributed by atoms with van der Waals surface area (Å²) in [6.07, 6.45) is 0. The van der Waals surface area contributed by atoms with Crippen molar-refractivity contribution >= 4 is 11.6 Å². The zero-order chi connectivity index (χ0) is 10.8. The summed E-state index contributed by atoms with van der Waals surface area (Å²) in [6, 6.07) is 3.00. The Bertz CT molecular complexity index is 370. The van der Waals surface area contributed by atoms with E-state index in [9.17, 15) is 0 Å². The quantitative estimate of drug-likeness (QED) is 0.797. The summed E-state index contributed by atoms with van der Waals surface area (Å²) >= 11 is 6.01. The van der Waals surface area contributed by atoms with E-state index in [-0.39, 0.29) is 6.61 Å². The zero-order valence-corrected chi connectivity index (χ0v) is 8.83. The number of nitrogens with two attached hydrogens (primary N) is 1. The van der Waals surface area contributed by atoms with Crippen LogP contribution in [0.2, 0.25) is 5.02 Å². The first-order valence-electron chi connectivity index (χ1n) is 4.68. The van der Waals surface area contributed by atoms with Crippen LogP contribution in [0.25, 0.3) is 0 Å². The number of benzene rings is 1. The molecule has 2 rings (SSSR count). The highest BCUT2D eigenvalue weighted by atomic mass is 35.5. The molecule has 1 unspecified atom stereocenters. The fourth-order valence-electron chi connectivity index (χ4n) is 1.45. The van der Waals surface area contributed by atoms with Gasteiger partial charge in [0.15, 0.2) is 11.5 Å². The molecule has 4 nitrogen and oxygen atoms in total. The smallest absolute Gasteiger partial charge is 0.179 e. The Balaban J connectivity index is 2.40. The first-order chi connectivity index (χ1) is 7.22. The standard InChI is InChI=1S/C10H12ClNO3/c11-7-3-6(8(12)5-13)4-9-10(7)15-2-1-14-9/h3-4,8,13H,1-2,5,12H2. The lowest BCUT2D eigenvalue weighted by Crippen LogP contribution is -2.18. The van der Waals surface area contributed by atoms with Gasteiger partial charge < -0.3 is 20.3 Å². The Hall–Kier alpha value is -0.970. The second kappa shape index (κ2) is 4.26. The van der Waals surface area contributed by atoms with Crippen molar-refractivity contribution in [1.29, 1.82) is 0 Å². The minimum Gasteiger partial charge on any atom is -0.486 e. The molecule has 3 N–H and O–H groups in total. The molecule has 0 saturated heterocycles. The minimum absolute atomic E-state index is 0.129. The van der Waals surface area contributed by atoms with E-state index in [1.165, 1.54) is 0 Å². The number of aliphatic hydroxyl groups is 1. The number of hydrogen-bond donors (Lipinski definition) is 2. The van der Waals surface area contributed by atoms with Crippen molar-refractivity contribution in [3.63, 3.8) is 0 Å². The first kappa shape index (κ1) is 10.5. The van der Waals surface area contributed by atoms with Crippen LogP contribution < -0.4 is 15.2 Å². The molecule has 0 spiro atoms. The lowest BCUT2D eigenvalue weighted by molar-refractivity contribution is 0.171. The molecule has 0 radical (unpaired) electrons. The predicted molar refractivity (Wildman–Crippen MR) is 56.5 cm³/mol. The van der Waals surface area contributed by atoms with Crippen LogP contribution in [0.5, 0.6) is 11.5 Å². The molecule has 0 saturated carbocycles. The number of hydrogen-bond acceptors (Lipinski definition) is 4. The third-order valence-corrected chi connectivity index (χ3v) is 2.52. The molecule has 15 heavy (non-hydrogen) atoms. The van der Waals surface area contributed by atoms with Gasteiger partial charge in [0.05, 0.1) is 17.7 Å². The van der Waals surface area contributed by atoms with Crippen LogP contribution in [0.4, 0.5) is 0 Å². The van der Waals surface area contributed by atoms with E-state index in [2.05, 4.69) is 0 Å². The molecule has 0 amide bonds. The van der Waals surface area contributed by atoms with Gasteiger partial charge in [-0.05, 0) is 17.7 Å². The molecule has 1 aliphatic heterocycles. The van der Waals surface area contributed by atoms with Crippen molar-refractivity contribution in [2.24, 2.45) is 5.73 Å². The second-order valence-corrected chi connectivity index (χ2v) is 3.72. The number of halogens is 1.